The highest BCUT2D eigenvalue weighted by Gasteiger charge is 2.17. The highest BCUT2D eigenvalue weighted by atomic mass is 35.5. The molecule has 0 aliphatic heterocycles. The quantitative estimate of drug-likeness (QED) is 0.484. The van der Waals surface area contributed by atoms with Crippen molar-refractivity contribution in [1.29, 1.82) is 0 Å². The molecule has 158 valence electrons. The Kier molecular flexibility index (Phi) is 6.62. The summed E-state index contributed by atoms with van der Waals surface area (Å²) < 4.78 is 55.0. The number of anilines is 2. The van der Waals surface area contributed by atoms with Gasteiger partial charge in [0.05, 0.1) is 15.5 Å². The van der Waals surface area contributed by atoms with Crippen LogP contribution in [0.4, 0.5) is 11.4 Å². The third-order valence-corrected chi connectivity index (χ3v) is 7.40. The van der Waals surface area contributed by atoms with Crippen molar-refractivity contribution >= 4 is 54.6 Å². The van der Waals surface area contributed by atoms with E-state index in [-0.39, 0.29) is 31.2 Å². The number of hydrogen-bond acceptors (Lipinski definition) is 4. The highest BCUT2D eigenvalue weighted by molar-refractivity contribution is 7.93. The van der Waals surface area contributed by atoms with E-state index in [1.165, 1.54) is 54.6 Å². The van der Waals surface area contributed by atoms with E-state index in [0.29, 0.717) is 0 Å². The maximum atomic E-state index is 12.6. The largest absolute Gasteiger partial charge is 0.280 e. The summed E-state index contributed by atoms with van der Waals surface area (Å²) in [5, 5.41) is 0.578. The molecule has 0 heterocycles. The first kappa shape index (κ1) is 22.4. The first-order chi connectivity index (χ1) is 14.1. The molecule has 0 saturated heterocycles. The highest BCUT2D eigenvalue weighted by Crippen LogP contribution is 2.25. The Balaban J connectivity index is 1.78. The molecular weight excluding hydrogens is 467 g/mol. The number of benzene rings is 3. The van der Waals surface area contributed by atoms with Crippen molar-refractivity contribution in [3.05, 3.63) is 82.3 Å². The van der Waals surface area contributed by atoms with Gasteiger partial charge in [-0.25, -0.2) is 16.8 Å². The molecule has 0 amide bonds. The molecule has 3 rings (SSSR count). The molecule has 3 aromatic carbocycles. The fourth-order valence-electron chi connectivity index (χ4n) is 2.65. The van der Waals surface area contributed by atoms with Crippen molar-refractivity contribution < 1.29 is 16.8 Å². The number of aryl methyl sites for hydroxylation is 1. The van der Waals surface area contributed by atoms with Crippen LogP contribution in [0.3, 0.4) is 0 Å². The van der Waals surface area contributed by atoms with E-state index in [1.54, 1.807) is 12.1 Å². The van der Waals surface area contributed by atoms with Crippen molar-refractivity contribution in [2.45, 2.75) is 23.1 Å². The second-order valence-corrected chi connectivity index (χ2v) is 10.6. The molecule has 0 aliphatic rings. The minimum atomic E-state index is -3.91. The van der Waals surface area contributed by atoms with E-state index in [0.717, 1.165) is 12.0 Å². The molecule has 0 bridgehead atoms. The molecule has 0 radical (unpaired) electrons. The van der Waals surface area contributed by atoms with Gasteiger partial charge in [-0.2, -0.15) is 0 Å². The normalized spacial score (nSPS) is 11.8. The van der Waals surface area contributed by atoms with Gasteiger partial charge in [-0.15, -0.1) is 0 Å². The Labute approximate surface area is 186 Å². The van der Waals surface area contributed by atoms with E-state index in [9.17, 15) is 16.8 Å². The maximum Gasteiger partial charge on any atom is 0.261 e. The molecule has 0 atom stereocenters. The summed E-state index contributed by atoms with van der Waals surface area (Å²) in [6, 6.07) is 16.2. The number of nitrogens with one attached hydrogen (secondary N) is 2. The Morgan fingerprint density at radius 3 is 1.57 bits per heavy atom. The third kappa shape index (κ3) is 5.46. The van der Waals surface area contributed by atoms with Crippen LogP contribution in [0.15, 0.2) is 76.5 Å². The van der Waals surface area contributed by atoms with E-state index >= 15 is 0 Å². The minimum Gasteiger partial charge on any atom is -0.280 e. The lowest BCUT2D eigenvalue weighted by Gasteiger charge is -2.11. The summed E-state index contributed by atoms with van der Waals surface area (Å²) in [5.74, 6) is 0. The first-order valence-electron chi connectivity index (χ1n) is 8.80. The number of rotatable bonds is 7. The smallest absolute Gasteiger partial charge is 0.261 e. The van der Waals surface area contributed by atoms with Crippen molar-refractivity contribution in [3.8, 4) is 0 Å². The fraction of sp³-hybridized carbons (Fsp3) is 0.100. The Morgan fingerprint density at radius 1 is 0.667 bits per heavy atom. The molecule has 10 heteroatoms. The van der Waals surface area contributed by atoms with Crippen LogP contribution in [0.25, 0.3) is 0 Å². The topological polar surface area (TPSA) is 92.3 Å². The molecule has 0 aromatic heterocycles. The lowest BCUT2D eigenvalue weighted by Crippen LogP contribution is -2.14. The predicted molar refractivity (Wildman–Crippen MR) is 120 cm³/mol. The number of hydrogen-bond donors (Lipinski definition) is 2. The Morgan fingerprint density at radius 2 is 1.10 bits per heavy atom. The molecule has 0 spiro atoms. The van der Waals surface area contributed by atoms with Gasteiger partial charge in [-0.1, -0.05) is 42.3 Å². The predicted octanol–water partition coefficient (Wildman–Crippen LogP) is 5.16. The minimum absolute atomic E-state index is 0.0474. The van der Waals surface area contributed by atoms with Crippen LogP contribution < -0.4 is 9.44 Å². The van der Waals surface area contributed by atoms with Crippen LogP contribution in [-0.2, 0) is 26.5 Å². The van der Waals surface area contributed by atoms with Crippen LogP contribution in [-0.4, -0.2) is 16.8 Å². The summed E-state index contributed by atoms with van der Waals surface area (Å²) in [5.41, 5.74) is 1.48. The van der Waals surface area contributed by atoms with Gasteiger partial charge < -0.3 is 0 Å². The molecular formula is C20H18Cl2N2O4S2. The van der Waals surface area contributed by atoms with Gasteiger partial charge in [-0.3, -0.25) is 9.44 Å². The van der Waals surface area contributed by atoms with Crippen LogP contribution in [0.5, 0.6) is 0 Å². The molecule has 0 unspecified atom stereocenters. The SMILES string of the molecule is CCc1ccc(S(=O)(=O)Nc2ccc(S(=O)(=O)Nc3cc(Cl)cc(Cl)c3)cc2)cc1. The van der Waals surface area contributed by atoms with Gasteiger partial charge in [0.2, 0.25) is 0 Å². The molecule has 0 saturated carbocycles. The van der Waals surface area contributed by atoms with Crippen molar-refractivity contribution in [2.24, 2.45) is 0 Å². The zero-order chi connectivity index (χ0) is 21.9. The lowest BCUT2D eigenvalue weighted by atomic mass is 10.2. The molecule has 0 aliphatic carbocycles. The average molecular weight is 485 g/mol. The van der Waals surface area contributed by atoms with Gasteiger partial charge in [0, 0.05) is 15.7 Å². The van der Waals surface area contributed by atoms with Gasteiger partial charge in [-0.05, 0) is 66.6 Å². The third-order valence-electron chi connectivity index (χ3n) is 4.17. The van der Waals surface area contributed by atoms with Gasteiger partial charge in [0.1, 0.15) is 0 Å². The van der Waals surface area contributed by atoms with Gasteiger partial charge >= 0.3 is 0 Å². The number of halogens is 2. The first-order valence-corrected chi connectivity index (χ1v) is 12.5. The van der Waals surface area contributed by atoms with E-state index in [4.69, 9.17) is 23.2 Å². The summed E-state index contributed by atoms with van der Waals surface area (Å²) in [6.45, 7) is 1.98. The summed E-state index contributed by atoms with van der Waals surface area (Å²) in [7, 11) is -7.70. The zero-order valence-corrected chi connectivity index (χ0v) is 18.9. The van der Waals surface area contributed by atoms with Crippen molar-refractivity contribution in [2.75, 3.05) is 9.44 Å². The van der Waals surface area contributed by atoms with Gasteiger partial charge in [0.25, 0.3) is 20.0 Å². The molecule has 3 aromatic rings. The van der Waals surface area contributed by atoms with E-state index in [2.05, 4.69) is 9.44 Å². The van der Waals surface area contributed by atoms with Crippen LogP contribution in [0.1, 0.15) is 12.5 Å². The average Bonchev–Trinajstić information content (AvgIpc) is 2.67. The Bertz CT molecular complexity index is 1240. The number of sulfonamides is 2. The van der Waals surface area contributed by atoms with Crippen LogP contribution in [0, 0.1) is 0 Å². The maximum absolute atomic E-state index is 12.6. The lowest BCUT2D eigenvalue weighted by molar-refractivity contribution is 0.600. The second-order valence-electron chi connectivity index (χ2n) is 6.39. The van der Waals surface area contributed by atoms with Gasteiger partial charge in [0.15, 0.2) is 0 Å². The van der Waals surface area contributed by atoms with Crippen molar-refractivity contribution in [3.63, 3.8) is 0 Å². The Hall–Kier alpha value is -2.26. The second kappa shape index (κ2) is 8.85. The van der Waals surface area contributed by atoms with Crippen molar-refractivity contribution in [1.82, 2.24) is 0 Å². The summed E-state index contributed by atoms with van der Waals surface area (Å²) in [4.78, 5) is 0.0738. The van der Waals surface area contributed by atoms with Crippen LogP contribution in [0.2, 0.25) is 10.0 Å². The standard InChI is InChI=1S/C20H18Cl2N2O4S2/c1-2-14-3-7-19(8-4-14)29(25,26)23-17-5-9-20(10-6-17)30(27,28)24-18-12-15(21)11-16(22)13-18/h3-13,23-24H,2H2,1H3. The summed E-state index contributed by atoms with van der Waals surface area (Å²) >= 11 is 11.8. The molecule has 2 N–H and O–H groups in total. The van der Waals surface area contributed by atoms with Crippen LogP contribution >= 0.6 is 23.2 Å². The fourth-order valence-corrected chi connectivity index (χ4v) is 5.27. The molecule has 6 nitrogen and oxygen atoms in total. The molecule has 0 fully saturated rings. The zero-order valence-electron chi connectivity index (χ0n) is 15.8. The molecule has 30 heavy (non-hydrogen) atoms. The summed E-state index contributed by atoms with van der Waals surface area (Å²) in [6.07, 6.45) is 0.805. The monoisotopic (exact) mass is 484 g/mol. The van der Waals surface area contributed by atoms with E-state index < -0.39 is 20.0 Å². The van der Waals surface area contributed by atoms with E-state index in [1.807, 2.05) is 6.92 Å².